The molecular formula is C16H20ClNO5S. The molecule has 0 aromatic heterocycles. The second-order valence-corrected chi connectivity index (χ2v) is 9.25. The highest BCUT2D eigenvalue weighted by Gasteiger charge is 2.41. The van der Waals surface area contributed by atoms with Gasteiger partial charge in [-0.25, -0.2) is 8.42 Å². The fourth-order valence-corrected chi connectivity index (χ4v) is 3.72. The van der Waals surface area contributed by atoms with Crippen LogP contribution >= 0.6 is 11.6 Å². The average molecular weight is 374 g/mol. The summed E-state index contributed by atoms with van der Waals surface area (Å²) in [5.41, 5.74) is 0.772. The zero-order valence-corrected chi connectivity index (χ0v) is 15.0. The van der Waals surface area contributed by atoms with E-state index >= 15 is 0 Å². The molecule has 132 valence electrons. The van der Waals surface area contributed by atoms with Crippen molar-refractivity contribution in [2.24, 2.45) is 5.92 Å². The lowest BCUT2D eigenvalue weighted by molar-refractivity contribution is -0.141. The predicted molar refractivity (Wildman–Crippen MR) is 90.8 cm³/mol. The molecule has 1 N–H and O–H groups in total. The Balaban J connectivity index is 2.19. The van der Waals surface area contributed by atoms with Gasteiger partial charge in [-0.2, -0.15) is 0 Å². The standard InChI is InChI=1S/C16H20ClNO5S/c1-10(2)24(22,23)9-15(19)18-7-13(14(8-18)16(20)21)11-3-5-12(17)6-4-11/h3-6,10,13-14H,7-9H2,1-2H3,(H,20,21)/t13-,14+/m0/s1. The van der Waals surface area contributed by atoms with Crippen LogP contribution in [0.15, 0.2) is 24.3 Å². The molecule has 0 radical (unpaired) electrons. The van der Waals surface area contributed by atoms with Crippen molar-refractivity contribution in [1.29, 1.82) is 0 Å². The summed E-state index contributed by atoms with van der Waals surface area (Å²) in [4.78, 5) is 25.2. The lowest BCUT2D eigenvalue weighted by Gasteiger charge is -2.17. The molecule has 0 spiro atoms. The van der Waals surface area contributed by atoms with Gasteiger partial charge in [-0.1, -0.05) is 23.7 Å². The second kappa shape index (κ2) is 7.11. The Hall–Kier alpha value is -1.60. The van der Waals surface area contributed by atoms with E-state index < -0.39 is 38.6 Å². The molecule has 1 saturated heterocycles. The van der Waals surface area contributed by atoms with Crippen molar-refractivity contribution in [3.05, 3.63) is 34.9 Å². The quantitative estimate of drug-likeness (QED) is 0.849. The maximum absolute atomic E-state index is 12.3. The number of amides is 1. The van der Waals surface area contributed by atoms with Crippen molar-refractivity contribution in [2.75, 3.05) is 18.8 Å². The molecule has 8 heteroatoms. The Labute approximate surface area is 146 Å². The summed E-state index contributed by atoms with van der Waals surface area (Å²) < 4.78 is 23.8. The highest BCUT2D eigenvalue weighted by atomic mass is 35.5. The SMILES string of the molecule is CC(C)S(=O)(=O)CC(=O)N1C[C@@H](C(=O)O)[C@H](c2ccc(Cl)cc2)C1. The van der Waals surface area contributed by atoms with E-state index in [1.165, 1.54) is 18.7 Å². The van der Waals surface area contributed by atoms with Gasteiger partial charge in [0.2, 0.25) is 5.91 Å². The van der Waals surface area contributed by atoms with Crippen LogP contribution in [0.3, 0.4) is 0 Å². The van der Waals surface area contributed by atoms with Crippen LogP contribution in [0.4, 0.5) is 0 Å². The Morgan fingerprint density at radius 1 is 1.25 bits per heavy atom. The van der Waals surface area contributed by atoms with Crippen molar-refractivity contribution in [3.8, 4) is 0 Å². The van der Waals surface area contributed by atoms with Crippen LogP contribution in [-0.2, 0) is 19.4 Å². The van der Waals surface area contributed by atoms with Gasteiger partial charge in [0, 0.05) is 24.0 Å². The minimum absolute atomic E-state index is 0.00900. The lowest BCUT2D eigenvalue weighted by Crippen LogP contribution is -2.36. The van der Waals surface area contributed by atoms with E-state index in [-0.39, 0.29) is 19.0 Å². The first-order chi connectivity index (χ1) is 11.1. The van der Waals surface area contributed by atoms with E-state index in [1.54, 1.807) is 24.3 Å². The topological polar surface area (TPSA) is 91.8 Å². The summed E-state index contributed by atoms with van der Waals surface area (Å²) in [6.45, 7) is 3.23. The van der Waals surface area contributed by atoms with E-state index in [4.69, 9.17) is 11.6 Å². The molecule has 1 fully saturated rings. The van der Waals surface area contributed by atoms with Gasteiger partial charge in [-0.15, -0.1) is 0 Å². The lowest BCUT2D eigenvalue weighted by atomic mass is 9.89. The van der Waals surface area contributed by atoms with Crippen molar-refractivity contribution in [1.82, 2.24) is 4.90 Å². The van der Waals surface area contributed by atoms with Gasteiger partial charge in [0.25, 0.3) is 0 Å². The van der Waals surface area contributed by atoms with E-state index in [2.05, 4.69) is 0 Å². The average Bonchev–Trinajstić information content (AvgIpc) is 2.93. The van der Waals surface area contributed by atoms with Crippen molar-refractivity contribution < 1.29 is 23.1 Å². The summed E-state index contributed by atoms with van der Waals surface area (Å²) >= 11 is 5.85. The molecule has 0 bridgehead atoms. The second-order valence-electron chi connectivity index (χ2n) is 6.26. The van der Waals surface area contributed by atoms with E-state index in [1.807, 2.05) is 0 Å². The first-order valence-corrected chi connectivity index (χ1v) is 9.68. The number of likely N-dealkylation sites (tertiary alicyclic amines) is 1. The first kappa shape index (κ1) is 18.7. The maximum Gasteiger partial charge on any atom is 0.308 e. The number of aliphatic carboxylic acids is 1. The molecule has 6 nitrogen and oxygen atoms in total. The number of halogens is 1. The molecule has 1 heterocycles. The van der Waals surface area contributed by atoms with Gasteiger partial charge < -0.3 is 10.0 Å². The Morgan fingerprint density at radius 3 is 2.33 bits per heavy atom. The number of carbonyl (C=O) groups excluding carboxylic acids is 1. The first-order valence-electron chi connectivity index (χ1n) is 7.59. The third-order valence-corrected chi connectivity index (χ3v) is 6.67. The molecule has 2 atom stereocenters. The van der Waals surface area contributed by atoms with Crippen LogP contribution in [0.1, 0.15) is 25.3 Å². The van der Waals surface area contributed by atoms with Crippen LogP contribution < -0.4 is 0 Å². The van der Waals surface area contributed by atoms with Crippen LogP contribution in [0, 0.1) is 5.92 Å². The monoisotopic (exact) mass is 373 g/mol. The van der Waals surface area contributed by atoms with Crippen LogP contribution in [0.2, 0.25) is 5.02 Å². The van der Waals surface area contributed by atoms with E-state index in [0.717, 1.165) is 5.56 Å². The third-order valence-electron chi connectivity index (χ3n) is 4.33. The van der Waals surface area contributed by atoms with Gasteiger partial charge in [-0.05, 0) is 31.5 Å². The number of nitrogens with zero attached hydrogens (tertiary/aromatic N) is 1. The van der Waals surface area contributed by atoms with Crippen molar-refractivity contribution >= 4 is 33.3 Å². The predicted octanol–water partition coefficient (Wildman–Crippen LogP) is 1.79. The van der Waals surface area contributed by atoms with Gasteiger partial charge in [-0.3, -0.25) is 9.59 Å². The smallest absolute Gasteiger partial charge is 0.308 e. The van der Waals surface area contributed by atoms with Crippen molar-refractivity contribution in [2.45, 2.75) is 25.0 Å². The summed E-state index contributed by atoms with van der Waals surface area (Å²) in [6.07, 6.45) is 0. The minimum Gasteiger partial charge on any atom is -0.481 e. The van der Waals surface area contributed by atoms with Crippen molar-refractivity contribution in [3.63, 3.8) is 0 Å². The normalized spacial score (nSPS) is 21.2. The zero-order chi connectivity index (χ0) is 18.1. The largest absolute Gasteiger partial charge is 0.481 e. The molecule has 1 aliphatic heterocycles. The zero-order valence-electron chi connectivity index (χ0n) is 13.5. The number of benzene rings is 1. The number of rotatable bonds is 5. The molecule has 1 amide bonds. The maximum atomic E-state index is 12.3. The highest BCUT2D eigenvalue weighted by Crippen LogP contribution is 2.33. The third kappa shape index (κ3) is 4.08. The molecule has 0 aliphatic carbocycles. The minimum atomic E-state index is -3.52. The summed E-state index contributed by atoms with van der Waals surface area (Å²) in [7, 11) is -3.52. The summed E-state index contributed by atoms with van der Waals surface area (Å²) in [5.74, 6) is -3.30. The van der Waals surface area contributed by atoms with Crippen LogP contribution in [0.5, 0.6) is 0 Å². The number of hydrogen-bond donors (Lipinski definition) is 1. The number of carbonyl (C=O) groups is 2. The molecule has 1 aromatic carbocycles. The fourth-order valence-electron chi connectivity index (χ4n) is 2.74. The summed E-state index contributed by atoms with van der Waals surface area (Å²) in [6, 6.07) is 6.82. The highest BCUT2D eigenvalue weighted by molar-refractivity contribution is 7.92. The summed E-state index contributed by atoms with van der Waals surface area (Å²) in [5, 5.41) is 9.33. The molecule has 24 heavy (non-hydrogen) atoms. The molecule has 2 rings (SSSR count). The molecular weight excluding hydrogens is 354 g/mol. The van der Waals surface area contributed by atoms with Gasteiger partial charge in [0.05, 0.1) is 11.2 Å². The number of carboxylic acids is 1. The molecule has 0 saturated carbocycles. The fraction of sp³-hybridized carbons (Fsp3) is 0.500. The molecule has 1 aromatic rings. The number of hydrogen-bond acceptors (Lipinski definition) is 4. The van der Waals surface area contributed by atoms with E-state index in [0.29, 0.717) is 5.02 Å². The molecule has 1 aliphatic rings. The van der Waals surface area contributed by atoms with Crippen LogP contribution in [0.25, 0.3) is 0 Å². The van der Waals surface area contributed by atoms with Gasteiger partial charge in [0.1, 0.15) is 5.75 Å². The Bertz CT molecular complexity index is 729. The van der Waals surface area contributed by atoms with Gasteiger partial charge >= 0.3 is 5.97 Å². The Morgan fingerprint density at radius 2 is 1.83 bits per heavy atom. The Kier molecular flexibility index (Phi) is 5.55. The van der Waals surface area contributed by atoms with Gasteiger partial charge in [0.15, 0.2) is 9.84 Å². The molecule has 0 unspecified atom stereocenters. The number of sulfone groups is 1. The van der Waals surface area contributed by atoms with E-state index in [9.17, 15) is 23.1 Å². The number of carboxylic acid groups (broad SMARTS) is 1. The van der Waals surface area contributed by atoms with Crippen LogP contribution in [-0.4, -0.2) is 54.4 Å².